The Hall–Kier alpha value is -3.00. The zero-order valence-corrected chi connectivity index (χ0v) is 13.8. The molecule has 1 amide bonds. The van der Waals surface area contributed by atoms with Crippen molar-refractivity contribution in [3.8, 4) is 17.6 Å². The van der Waals surface area contributed by atoms with E-state index in [9.17, 15) is 4.79 Å². The molecule has 2 rings (SSSR count). The summed E-state index contributed by atoms with van der Waals surface area (Å²) in [6.07, 6.45) is 0.264. The van der Waals surface area contributed by atoms with Gasteiger partial charge < -0.3 is 14.8 Å². The van der Waals surface area contributed by atoms with Crippen LogP contribution in [0.5, 0.6) is 11.5 Å². The Kier molecular flexibility index (Phi) is 6.21. The van der Waals surface area contributed by atoms with Crippen molar-refractivity contribution in [2.75, 3.05) is 18.5 Å². The zero-order chi connectivity index (χ0) is 17.4. The minimum Gasteiger partial charge on any atom is -0.493 e. The van der Waals surface area contributed by atoms with Crippen molar-refractivity contribution < 1.29 is 14.3 Å². The van der Waals surface area contributed by atoms with E-state index in [1.54, 1.807) is 24.3 Å². The summed E-state index contributed by atoms with van der Waals surface area (Å²) >= 11 is 0. The van der Waals surface area contributed by atoms with E-state index >= 15 is 0 Å². The van der Waals surface area contributed by atoms with Gasteiger partial charge in [-0.3, -0.25) is 4.79 Å². The number of nitrogens with zero attached hydrogens (tertiary/aromatic N) is 1. The molecule has 0 radical (unpaired) electrons. The van der Waals surface area contributed by atoms with E-state index in [2.05, 4.69) is 5.32 Å². The van der Waals surface area contributed by atoms with E-state index in [1.807, 2.05) is 38.1 Å². The van der Waals surface area contributed by atoms with Crippen molar-refractivity contribution in [3.05, 3.63) is 53.6 Å². The summed E-state index contributed by atoms with van der Waals surface area (Å²) in [7, 11) is 0. The van der Waals surface area contributed by atoms with Gasteiger partial charge in [0.15, 0.2) is 6.61 Å². The van der Waals surface area contributed by atoms with E-state index in [4.69, 9.17) is 14.7 Å². The van der Waals surface area contributed by atoms with Gasteiger partial charge in [-0.15, -0.1) is 0 Å². The second-order valence-electron chi connectivity index (χ2n) is 5.32. The third-order valence-electron chi connectivity index (χ3n) is 3.58. The maximum Gasteiger partial charge on any atom is 0.227 e. The maximum atomic E-state index is 11.9. The normalized spacial score (nSPS) is 9.88. The number of hydrogen-bond donors (Lipinski definition) is 1. The molecule has 124 valence electrons. The molecule has 0 aliphatic rings. The Morgan fingerprint density at radius 3 is 2.58 bits per heavy atom. The third-order valence-corrected chi connectivity index (χ3v) is 3.58. The van der Waals surface area contributed by atoms with Crippen LogP contribution in [-0.2, 0) is 4.79 Å². The van der Waals surface area contributed by atoms with Crippen molar-refractivity contribution in [2.24, 2.45) is 0 Å². The second-order valence-corrected chi connectivity index (χ2v) is 5.32. The molecule has 0 atom stereocenters. The fourth-order valence-electron chi connectivity index (χ4n) is 2.11. The molecule has 0 saturated carbocycles. The van der Waals surface area contributed by atoms with Crippen LogP contribution in [0.4, 0.5) is 5.69 Å². The standard InChI is InChI=1S/C19H20N2O3/c1-14-4-3-5-18(15(14)2)24-12-10-19(22)21-16-6-8-17(9-7-16)23-13-11-20/h3-9H,10,12-13H2,1-2H3,(H,21,22). The fraction of sp³-hybridized carbons (Fsp3) is 0.263. The van der Waals surface area contributed by atoms with Crippen LogP contribution < -0.4 is 14.8 Å². The minimum atomic E-state index is -0.119. The Balaban J connectivity index is 1.79. The van der Waals surface area contributed by atoms with Gasteiger partial charge in [-0.2, -0.15) is 5.26 Å². The molecule has 0 bridgehead atoms. The molecule has 0 aliphatic heterocycles. The number of amides is 1. The van der Waals surface area contributed by atoms with Crippen molar-refractivity contribution in [2.45, 2.75) is 20.3 Å². The summed E-state index contributed by atoms with van der Waals surface area (Å²) in [5, 5.41) is 11.3. The maximum absolute atomic E-state index is 11.9. The largest absolute Gasteiger partial charge is 0.493 e. The summed E-state index contributed by atoms with van der Waals surface area (Å²) in [5.74, 6) is 1.28. The van der Waals surface area contributed by atoms with Gasteiger partial charge in [-0.05, 0) is 55.3 Å². The molecule has 0 fully saturated rings. The predicted molar refractivity (Wildman–Crippen MR) is 92.2 cm³/mol. The van der Waals surface area contributed by atoms with Crippen LogP contribution in [0.25, 0.3) is 0 Å². The lowest BCUT2D eigenvalue weighted by atomic mass is 10.1. The molecule has 5 nitrogen and oxygen atoms in total. The third kappa shape index (κ3) is 5.03. The van der Waals surface area contributed by atoms with Crippen molar-refractivity contribution in [1.82, 2.24) is 0 Å². The summed E-state index contributed by atoms with van der Waals surface area (Å²) in [6.45, 7) is 4.35. The highest BCUT2D eigenvalue weighted by Crippen LogP contribution is 2.20. The van der Waals surface area contributed by atoms with Crippen LogP contribution in [0, 0.1) is 25.2 Å². The molecule has 0 heterocycles. The van der Waals surface area contributed by atoms with E-state index in [0.717, 1.165) is 16.9 Å². The highest BCUT2D eigenvalue weighted by Gasteiger charge is 2.05. The number of benzene rings is 2. The molecule has 0 aliphatic carbocycles. The molecular formula is C19H20N2O3. The summed E-state index contributed by atoms with van der Waals surface area (Å²) < 4.78 is 10.8. The van der Waals surface area contributed by atoms with Crippen molar-refractivity contribution in [1.29, 1.82) is 5.26 Å². The minimum absolute atomic E-state index is 0.00141. The first-order valence-corrected chi connectivity index (χ1v) is 7.69. The van der Waals surface area contributed by atoms with Crippen molar-refractivity contribution in [3.63, 3.8) is 0 Å². The van der Waals surface area contributed by atoms with Crippen LogP contribution in [0.2, 0.25) is 0 Å². The topological polar surface area (TPSA) is 71.3 Å². The summed E-state index contributed by atoms with van der Waals surface area (Å²) in [6, 6.07) is 14.6. The van der Waals surface area contributed by atoms with Gasteiger partial charge in [0.05, 0.1) is 13.0 Å². The molecule has 2 aromatic carbocycles. The molecule has 2 aromatic rings. The Morgan fingerprint density at radius 2 is 1.88 bits per heavy atom. The van der Waals surface area contributed by atoms with Crippen LogP contribution in [0.3, 0.4) is 0 Å². The molecule has 5 heteroatoms. The Bertz CT molecular complexity index is 733. The number of rotatable bonds is 7. The lowest BCUT2D eigenvalue weighted by Crippen LogP contribution is -2.15. The van der Waals surface area contributed by atoms with Gasteiger partial charge in [0, 0.05) is 5.69 Å². The number of anilines is 1. The van der Waals surface area contributed by atoms with E-state index in [1.165, 1.54) is 0 Å². The molecular weight excluding hydrogens is 304 g/mol. The number of nitriles is 1. The first-order chi connectivity index (χ1) is 11.6. The Labute approximate surface area is 141 Å². The highest BCUT2D eigenvalue weighted by atomic mass is 16.5. The van der Waals surface area contributed by atoms with Crippen LogP contribution >= 0.6 is 0 Å². The van der Waals surface area contributed by atoms with E-state index in [0.29, 0.717) is 18.0 Å². The average molecular weight is 324 g/mol. The second kappa shape index (κ2) is 8.59. The SMILES string of the molecule is Cc1cccc(OCCC(=O)Nc2ccc(OCC#N)cc2)c1C. The van der Waals surface area contributed by atoms with Crippen LogP contribution in [0.1, 0.15) is 17.5 Å². The molecule has 24 heavy (non-hydrogen) atoms. The molecule has 0 saturated heterocycles. The van der Waals surface area contributed by atoms with E-state index < -0.39 is 0 Å². The highest BCUT2D eigenvalue weighted by molar-refractivity contribution is 5.90. The van der Waals surface area contributed by atoms with Crippen molar-refractivity contribution >= 4 is 11.6 Å². The number of ether oxygens (including phenoxy) is 2. The summed E-state index contributed by atoms with van der Waals surface area (Å²) in [5.41, 5.74) is 2.93. The Morgan fingerprint density at radius 1 is 1.12 bits per heavy atom. The lowest BCUT2D eigenvalue weighted by Gasteiger charge is -2.11. The van der Waals surface area contributed by atoms with Gasteiger partial charge in [-0.25, -0.2) is 0 Å². The van der Waals surface area contributed by atoms with Gasteiger partial charge in [0.1, 0.15) is 17.6 Å². The van der Waals surface area contributed by atoms with Crippen LogP contribution in [-0.4, -0.2) is 19.1 Å². The first-order valence-electron chi connectivity index (χ1n) is 7.69. The van der Waals surface area contributed by atoms with E-state index in [-0.39, 0.29) is 18.9 Å². The monoisotopic (exact) mass is 324 g/mol. The fourth-order valence-corrected chi connectivity index (χ4v) is 2.11. The number of aryl methyl sites for hydroxylation is 1. The molecule has 1 N–H and O–H groups in total. The molecule has 0 unspecified atom stereocenters. The van der Waals surface area contributed by atoms with Gasteiger partial charge in [0.2, 0.25) is 5.91 Å². The molecule has 0 spiro atoms. The number of nitrogens with one attached hydrogen (secondary N) is 1. The number of carbonyl (C=O) groups is 1. The van der Waals surface area contributed by atoms with Gasteiger partial charge in [0.25, 0.3) is 0 Å². The summed E-state index contributed by atoms with van der Waals surface area (Å²) in [4.78, 5) is 11.9. The predicted octanol–water partition coefficient (Wildman–Crippen LogP) is 3.61. The van der Waals surface area contributed by atoms with Gasteiger partial charge in [-0.1, -0.05) is 12.1 Å². The van der Waals surface area contributed by atoms with Gasteiger partial charge >= 0.3 is 0 Å². The first kappa shape index (κ1) is 17.4. The average Bonchev–Trinajstić information content (AvgIpc) is 2.58. The smallest absolute Gasteiger partial charge is 0.227 e. The zero-order valence-electron chi connectivity index (χ0n) is 13.8. The quantitative estimate of drug-likeness (QED) is 0.844. The lowest BCUT2D eigenvalue weighted by molar-refractivity contribution is -0.116. The van der Waals surface area contributed by atoms with Crippen LogP contribution in [0.15, 0.2) is 42.5 Å². The molecule has 0 aromatic heterocycles. The number of hydrogen-bond acceptors (Lipinski definition) is 4. The number of carbonyl (C=O) groups excluding carboxylic acids is 1.